The fourth-order valence-electron chi connectivity index (χ4n) is 4.91. The van der Waals surface area contributed by atoms with Gasteiger partial charge in [-0.1, -0.05) is 144 Å². The summed E-state index contributed by atoms with van der Waals surface area (Å²) in [6.07, 6.45) is 9.15. The summed E-state index contributed by atoms with van der Waals surface area (Å²) in [6, 6.07) is 29.3. The van der Waals surface area contributed by atoms with Gasteiger partial charge in [-0.05, 0) is 33.8 Å². The molecular weight excluding hydrogens is 530 g/mol. The summed E-state index contributed by atoms with van der Waals surface area (Å²) in [6.45, 7) is 9.57. The van der Waals surface area contributed by atoms with E-state index >= 15 is 0 Å². The molecule has 0 spiro atoms. The lowest BCUT2D eigenvalue weighted by molar-refractivity contribution is 0.303. The summed E-state index contributed by atoms with van der Waals surface area (Å²) in [7, 11) is -2.08. The van der Waals surface area contributed by atoms with Gasteiger partial charge in [-0.25, -0.2) is 0 Å². The standard InChI is InChI=1S/C35H42ClNO2Si/c1-5-6-7-8-9-16-24-38-27-25-32(36)33(37-26-27)30-22-17-23-31(35(2,3)4)34(30)39-40(28-18-12-10-13-19-28)29-20-14-11-15-21-29/h10-15,17-23,25-26,40H,5-9,16,24H2,1-4H3. The molecule has 210 valence electrons. The van der Waals surface area contributed by atoms with E-state index in [0.29, 0.717) is 23.1 Å². The smallest absolute Gasteiger partial charge is 0.299 e. The van der Waals surface area contributed by atoms with Crippen molar-refractivity contribution >= 4 is 31.0 Å². The Morgan fingerprint density at radius 3 is 2.00 bits per heavy atom. The zero-order valence-corrected chi connectivity index (χ0v) is 26.2. The Balaban J connectivity index is 1.65. The summed E-state index contributed by atoms with van der Waals surface area (Å²) in [5.41, 5.74) is 2.62. The number of para-hydroxylation sites is 1. The molecule has 4 aromatic rings. The van der Waals surface area contributed by atoms with E-state index in [9.17, 15) is 0 Å². The first-order valence-corrected chi connectivity index (χ1v) is 16.6. The lowest BCUT2D eigenvalue weighted by Gasteiger charge is -2.28. The van der Waals surface area contributed by atoms with Gasteiger partial charge in [0.2, 0.25) is 0 Å². The molecule has 40 heavy (non-hydrogen) atoms. The van der Waals surface area contributed by atoms with E-state index in [1.165, 1.54) is 42.5 Å². The molecule has 0 aliphatic carbocycles. The molecule has 3 aromatic carbocycles. The molecule has 0 atom stereocenters. The van der Waals surface area contributed by atoms with Crippen molar-refractivity contribution < 1.29 is 9.16 Å². The van der Waals surface area contributed by atoms with Crippen LogP contribution in [0, 0.1) is 0 Å². The molecule has 0 radical (unpaired) electrons. The minimum atomic E-state index is -2.08. The highest BCUT2D eigenvalue weighted by atomic mass is 35.5. The number of rotatable bonds is 13. The molecule has 0 aliphatic rings. The number of halogens is 1. The van der Waals surface area contributed by atoms with Crippen molar-refractivity contribution in [1.29, 1.82) is 0 Å². The minimum absolute atomic E-state index is 0.135. The zero-order valence-electron chi connectivity index (χ0n) is 24.3. The Bertz CT molecular complexity index is 1300. The molecular formula is C35H42ClNO2Si. The Hall–Kier alpha value is -3.08. The summed E-state index contributed by atoms with van der Waals surface area (Å²) in [4.78, 5) is 4.80. The molecule has 0 bridgehead atoms. The van der Waals surface area contributed by atoms with Crippen LogP contribution in [0.2, 0.25) is 5.02 Å². The normalized spacial score (nSPS) is 11.6. The topological polar surface area (TPSA) is 31.4 Å². The number of hydrogen-bond donors (Lipinski definition) is 0. The van der Waals surface area contributed by atoms with Crippen LogP contribution < -0.4 is 19.5 Å². The Labute approximate surface area is 247 Å². The van der Waals surface area contributed by atoms with Crippen molar-refractivity contribution in [3.05, 3.63) is 102 Å². The molecule has 3 nitrogen and oxygen atoms in total. The largest absolute Gasteiger partial charge is 0.537 e. The Morgan fingerprint density at radius 2 is 1.40 bits per heavy atom. The highest BCUT2D eigenvalue weighted by Crippen LogP contribution is 2.41. The average molecular weight is 572 g/mol. The summed E-state index contributed by atoms with van der Waals surface area (Å²) in [5.74, 6) is 1.56. The predicted molar refractivity (Wildman–Crippen MR) is 172 cm³/mol. The second-order valence-electron chi connectivity index (χ2n) is 11.4. The number of unbranched alkanes of at least 4 members (excludes halogenated alkanes) is 5. The second kappa shape index (κ2) is 14.5. The molecule has 0 unspecified atom stereocenters. The van der Waals surface area contributed by atoms with E-state index < -0.39 is 9.04 Å². The third kappa shape index (κ3) is 7.99. The van der Waals surface area contributed by atoms with Crippen molar-refractivity contribution in [2.45, 2.75) is 71.6 Å². The van der Waals surface area contributed by atoms with Gasteiger partial charge in [0.05, 0.1) is 23.5 Å². The average Bonchev–Trinajstić information content (AvgIpc) is 2.96. The van der Waals surface area contributed by atoms with Crippen molar-refractivity contribution in [3.8, 4) is 22.8 Å². The molecule has 1 aromatic heterocycles. The zero-order chi connectivity index (χ0) is 28.4. The summed E-state index contributed by atoms with van der Waals surface area (Å²) >= 11 is 6.88. The first kappa shape index (κ1) is 29.9. The number of nitrogens with zero attached hydrogens (tertiary/aromatic N) is 1. The minimum Gasteiger partial charge on any atom is -0.537 e. The fraction of sp³-hybridized carbons (Fsp3) is 0.343. The van der Waals surface area contributed by atoms with E-state index in [-0.39, 0.29) is 5.41 Å². The van der Waals surface area contributed by atoms with E-state index in [0.717, 1.165) is 23.3 Å². The van der Waals surface area contributed by atoms with E-state index in [1.807, 2.05) is 18.2 Å². The van der Waals surface area contributed by atoms with Gasteiger partial charge in [0.25, 0.3) is 9.04 Å². The highest BCUT2D eigenvalue weighted by Gasteiger charge is 2.28. The quantitative estimate of drug-likeness (QED) is 0.119. The maximum absolute atomic E-state index is 7.14. The predicted octanol–water partition coefficient (Wildman–Crippen LogP) is 8.36. The number of ether oxygens (including phenoxy) is 1. The maximum Gasteiger partial charge on any atom is 0.299 e. The third-order valence-corrected chi connectivity index (χ3v) is 9.84. The van der Waals surface area contributed by atoms with Crippen LogP contribution in [0.5, 0.6) is 11.5 Å². The van der Waals surface area contributed by atoms with Crippen LogP contribution in [-0.4, -0.2) is 20.6 Å². The van der Waals surface area contributed by atoms with Gasteiger partial charge in [0.15, 0.2) is 0 Å². The van der Waals surface area contributed by atoms with Crippen molar-refractivity contribution in [3.63, 3.8) is 0 Å². The Kier molecular flexibility index (Phi) is 10.8. The molecule has 0 fully saturated rings. The number of benzene rings is 3. The van der Waals surface area contributed by atoms with E-state index in [2.05, 4.69) is 94.4 Å². The monoisotopic (exact) mass is 571 g/mol. The number of hydrogen-bond acceptors (Lipinski definition) is 3. The van der Waals surface area contributed by atoms with Gasteiger partial charge < -0.3 is 9.16 Å². The van der Waals surface area contributed by atoms with Crippen molar-refractivity contribution in [1.82, 2.24) is 4.98 Å². The second-order valence-corrected chi connectivity index (χ2v) is 14.1. The molecule has 5 heteroatoms. The van der Waals surface area contributed by atoms with Crippen LogP contribution in [-0.2, 0) is 5.41 Å². The lowest BCUT2D eigenvalue weighted by atomic mass is 9.85. The molecule has 0 N–H and O–H groups in total. The van der Waals surface area contributed by atoms with Crippen LogP contribution in [0.3, 0.4) is 0 Å². The SMILES string of the molecule is CCCCCCCCOc1cnc(-c2cccc(C(C)(C)C)c2O[SiH](c2ccccc2)c2ccccc2)c(Cl)c1. The van der Waals surface area contributed by atoms with Gasteiger partial charge in [-0.15, -0.1) is 0 Å². The third-order valence-electron chi connectivity index (χ3n) is 7.10. The van der Waals surface area contributed by atoms with Gasteiger partial charge in [-0.3, -0.25) is 4.98 Å². The highest BCUT2D eigenvalue weighted by molar-refractivity contribution is 6.80. The van der Waals surface area contributed by atoms with E-state index in [4.69, 9.17) is 25.7 Å². The molecule has 0 aliphatic heterocycles. The van der Waals surface area contributed by atoms with Gasteiger partial charge in [-0.2, -0.15) is 0 Å². The van der Waals surface area contributed by atoms with Gasteiger partial charge in [0, 0.05) is 11.6 Å². The molecule has 1 heterocycles. The van der Waals surface area contributed by atoms with Crippen LogP contribution in [0.1, 0.15) is 71.8 Å². The first-order valence-electron chi connectivity index (χ1n) is 14.6. The first-order chi connectivity index (χ1) is 19.4. The number of pyridine rings is 1. The van der Waals surface area contributed by atoms with Gasteiger partial charge in [0.1, 0.15) is 11.5 Å². The van der Waals surface area contributed by atoms with Crippen LogP contribution >= 0.6 is 11.6 Å². The maximum atomic E-state index is 7.14. The molecule has 0 saturated carbocycles. The van der Waals surface area contributed by atoms with Gasteiger partial charge >= 0.3 is 0 Å². The Morgan fingerprint density at radius 1 is 0.775 bits per heavy atom. The number of aromatic nitrogens is 1. The van der Waals surface area contributed by atoms with Crippen LogP contribution in [0.15, 0.2) is 91.1 Å². The fourth-order valence-corrected chi connectivity index (χ4v) is 7.46. The molecule has 0 amide bonds. The lowest BCUT2D eigenvalue weighted by Crippen LogP contribution is -2.47. The summed E-state index contributed by atoms with van der Waals surface area (Å²) < 4.78 is 13.1. The summed E-state index contributed by atoms with van der Waals surface area (Å²) in [5, 5.41) is 3.01. The van der Waals surface area contributed by atoms with Crippen molar-refractivity contribution in [2.75, 3.05) is 6.61 Å². The molecule has 4 rings (SSSR count). The van der Waals surface area contributed by atoms with Crippen LogP contribution in [0.25, 0.3) is 11.3 Å². The molecule has 0 saturated heterocycles. The van der Waals surface area contributed by atoms with Crippen LogP contribution in [0.4, 0.5) is 0 Å². The van der Waals surface area contributed by atoms with E-state index in [1.54, 1.807) is 6.20 Å². The van der Waals surface area contributed by atoms with Crippen molar-refractivity contribution in [2.24, 2.45) is 0 Å².